The topological polar surface area (TPSA) is 30.5 Å². The van der Waals surface area contributed by atoms with E-state index in [1.807, 2.05) is 36.4 Å². The number of para-hydroxylation sites is 1. The van der Waals surface area contributed by atoms with Gasteiger partial charge < -0.3 is 14.8 Å². The first-order chi connectivity index (χ1) is 11.1. The molecule has 23 heavy (non-hydrogen) atoms. The lowest BCUT2D eigenvalue weighted by Gasteiger charge is -2.48. The molecule has 4 heteroatoms. The van der Waals surface area contributed by atoms with Gasteiger partial charge in [-0.2, -0.15) is 0 Å². The lowest BCUT2D eigenvalue weighted by atomic mass is 9.65. The molecule has 2 atom stereocenters. The second-order valence-corrected chi connectivity index (χ2v) is 6.76. The van der Waals surface area contributed by atoms with Gasteiger partial charge in [-0.05, 0) is 29.8 Å². The van der Waals surface area contributed by atoms with Gasteiger partial charge >= 0.3 is 0 Å². The summed E-state index contributed by atoms with van der Waals surface area (Å²) in [4.78, 5) is 0. The SMILES string of the molecule is CC1(C)c2cc(OCF)ccc2N[C@@H]2c3ccccc3OC[C@@H]21. The molecule has 4 rings (SSSR count). The summed E-state index contributed by atoms with van der Waals surface area (Å²) in [6, 6.07) is 14.2. The van der Waals surface area contributed by atoms with Gasteiger partial charge in [0.05, 0.1) is 12.6 Å². The normalized spacial score (nSPS) is 23.6. The number of hydrogen-bond acceptors (Lipinski definition) is 3. The maximum absolute atomic E-state index is 12.5. The van der Waals surface area contributed by atoms with E-state index >= 15 is 0 Å². The van der Waals surface area contributed by atoms with Gasteiger partial charge in [-0.25, -0.2) is 4.39 Å². The third kappa shape index (κ3) is 2.16. The molecule has 0 aromatic heterocycles. The quantitative estimate of drug-likeness (QED) is 0.889. The van der Waals surface area contributed by atoms with E-state index in [9.17, 15) is 4.39 Å². The van der Waals surface area contributed by atoms with Gasteiger partial charge in [-0.15, -0.1) is 0 Å². The molecule has 2 heterocycles. The summed E-state index contributed by atoms with van der Waals surface area (Å²) in [5, 5.41) is 3.65. The summed E-state index contributed by atoms with van der Waals surface area (Å²) in [6.07, 6.45) is 0. The zero-order valence-corrected chi connectivity index (χ0v) is 13.3. The van der Waals surface area contributed by atoms with Crippen molar-refractivity contribution in [1.29, 1.82) is 0 Å². The smallest absolute Gasteiger partial charge is 0.228 e. The van der Waals surface area contributed by atoms with E-state index in [2.05, 4.69) is 25.2 Å². The van der Waals surface area contributed by atoms with Crippen LogP contribution in [0, 0.1) is 5.92 Å². The molecule has 2 aromatic rings. The van der Waals surface area contributed by atoms with E-state index in [4.69, 9.17) is 9.47 Å². The summed E-state index contributed by atoms with van der Waals surface area (Å²) >= 11 is 0. The maximum atomic E-state index is 12.5. The highest BCUT2D eigenvalue weighted by molar-refractivity contribution is 5.62. The van der Waals surface area contributed by atoms with Crippen LogP contribution in [-0.2, 0) is 5.41 Å². The molecule has 0 amide bonds. The van der Waals surface area contributed by atoms with Crippen LogP contribution >= 0.6 is 0 Å². The van der Waals surface area contributed by atoms with Crippen molar-refractivity contribution in [2.75, 3.05) is 18.8 Å². The van der Waals surface area contributed by atoms with Crippen LogP contribution in [0.1, 0.15) is 31.0 Å². The Bertz CT molecular complexity index is 744. The van der Waals surface area contributed by atoms with Crippen LogP contribution in [0.25, 0.3) is 0 Å². The number of ether oxygens (including phenoxy) is 2. The minimum absolute atomic E-state index is 0.103. The summed E-state index contributed by atoms with van der Waals surface area (Å²) in [5.74, 6) is 1.82. The lowest BCUT2D eigenvalue weighted by Crippen LogP contribution is -2.46. The molecule has 2 aliphatic rings. The zero-order valence-electron chi connectivity index (χ0n) is 13.3. The van der Waals surface area contributed by atoms with Gasteiger partial charge in [0.1, 0.15) is 11.5 Å². The predicted octanol–water partition coefficient (Wildman–Crippen LogP) is 4.45. The molecule has 0 spiro atoms. The fourth-order valence-corrected chi connectivity index (χ4v) is 3.87. The number of fused-ring (bicyclic) bond motifs is 4. The van der Waals surface area contributed by atoms with Gasteiger partial charge in [0.2, 0.25) is 6.86 Å². The predicted molar refractivity (Wildman–Crippen MR) is 87.9 cm³/mol. The van der Waals surface area contributed by atoms with Crippen LogP contribution in [0.15, 0.2) is 42.5 Å². The molecule has 0 unspecified atom stereocenters. The van der Waals surface area contributed by atoms with Crippen LogP contribution in [0.3, 0.4) is 0 Å². The molecular formula is C19H20FNO2. The Morgan fingerprint density at radius 3 is 2.91 bits per heavy atom. The van der Waals surface area contributed by atoms with E-state index in [1.165, 1.54) is 5.56 Å². The number of nitrogens with one attached hydrogen (secondary N) is 1. The Morgan fingerprint density at radius 1 is 1.26 bits per heavy atom. The van der Waals surface area contributed by atoms with Crippen molar-refractivity contribution in [3.63, 3.8) is 0 Å². The highest BCUT2D eigenvalue weighted by Crippen LogP contribution is 2.52. The molecule has 1 N–H and O–H groups in total. The van der Waals surface area contributed by atoms with E-state index in [1.54, 1.807) is 0 Å². The Balaban J connectivity index is 1.81. The van der Waals surface area contributed by atoms with Gasteiger partial charge in [-0.3, -0.25) is 0 Å². The molecule has 0 saturated heterocycles. The highest BCUT2D eigenvalue weighted by atomic mass is 19.1. The first-order valence-corrected chi connectivity index (χ1v) is 7.93. The number of halogens is 1. The van der Waals surface area contributed by atoms with Crippen LogP contribution in [-0.4, -0.2) is 13.5 Å². The Labute approximate surface area is 135 Å². The van der Waals surface area contributed by atoms with E-state index in [0.717, 1.165) is 17.0 Å². The highest BCUT2D eigenvalue weighted by Gasteiger charge is 2.46. The minimum atomic E-state index is -0.810. The summed E-state index contributed by atoms with van der Waals surface area (Å²) in [5.41, 5.74) is 3.33. The Morgan fingerprint density at radius 2 is 2.09 bits per heavy atom. The molecule has 2 aromatic carbocycles. The molecule has 0 fully saturated rings. The second kappa shape index (κ2) is 5.15. The average molecular weight is 313 g/mol. The van der Waals surface area contributed by atoms with Crippen molar-refractivity contribution in [1.82, 2.24) is 0 Å². The third-order valence-corrected chi connectivity index (χ3v) is 5.22. The number of benzene rings is 2. The molecule has 0 aliphatic carbocycles. The molecule has 0 bridgehead atoms. The Kier molecular flexibility index (Phi) is 3.22. The number of alkyl halides is 1. The minimum Gasteiger partial charge on any atom is -0.493 e. The summed E-state index contributed by atoms with van der Waals surface area (Å²) in [6.45, 7) is 4.30. The number of rotatable bonds is 2. The fourth-order valence-electron chi connectivity index (χ4n) is 3.87. The van der Waals surface area contributed by atoms with Crippen molar-refractivity contribution in [3.05, 3.63) is 53.6 Å². The van der Waals surface area contributed by atoms with Crippen molar-refractivity contribution in [2.24, 2.45) is 5.92 Å². The van der Waals surface area contributed by atoms with Crippen LogP contribution in [0.5, 0.6) is 11.5 Å². The summed E-state index contributed by atoms with van der Waals surface area (Å²) in [7, 11) is 0. The monoisotopic (exact) mass is 313 g/mol. The molecule has 2 aliphatic heterocycles. The molecule has 120 valence electrons. The maximum Gasteiger partial charge on any atom is 0.228 e. The van der Waals surface area contributed by atoms with Crippen LogP contribution in [0.4, 0.5) is 10.1 Å². The van der Waals surface area contributed by atoms with Gasteiger partial charge in [0, 0.05) is 22.6 Å². The number of anilines is 1. The molecule has 0 saturated carbocycles. The molecular weight excluding hydrogens is 293 g/mol. The standard InChI is InChI=1S/C19H20FNO2/c1-19(2)14-9-12(23-11-20)7-8-16(14)21-18-13-5-3-4-6-17(13)22-10-15(18)19/h3-9,15,18,21H,10-11H2,1-2H3/t15-,18+/m0/s1. The lowest BCUT2D eigenvalue weighted by molar-refractivity contribution is 0.135. The van der Waals surface area contributed by atoms with Crippen molar-refractivity contribution >= 4 is 5.69 Å². The Hall–Kier alpha value is -2.23. The summed E-state index contributed by atoms with van der Waals surface area (Å²) < 4.78 is 23.5. The first kappa shape index (κ1) is 14.4. The van der Waals surface area contributed by atoms with E-state index in [0.29, 0.717) is 18.3 Å². The fraction of sp³-hybridized carbons (Fsp3) is 0.368. The number of hydrogen-bond donors (Lipinski definition) is 1. The van der Waals surface area contributed by atoms with Gasteiger partial charge in [0.15, 0.2) is 0 Å². The van der Waals surface area contributed by atoms with Crippen molar-refractivity contribution < 1.29 is 13.9 Å². The van der Waals surface area contributed by atoms with E-state index in [-0.39, 0.29) is 11.5 Å². The van der Waals surface area contributed by atoms with Gasteiger partial charge in [-0.1, -0.05) is 32.0 Å². The molecule has 3 nitrogen and oxygen atoms in total. The third-order valence-electron chi connectivity index (χ3n) is 5.22. The largest absolute Gasteiger partial charge is 0.493 e. The van der Waals surface area contributed by atoms with Gasteiger partial charge in [0.25, 0.3) is 0 Å². The van der Waals surface area contributed by atoms with Crippen molar-refractivity contribution in [2.45, 2.75) is 25.3 Å². The molecule has 0 radical (unpaired) electrons. The zero-order chi connectivity index (χ0) is 16.0. The average Bonchev–Trinajstić information content (AvgIpc) is 2.56. The van der Waals surface area contributed by atoms with Crippen molar-refractivity contribution in [3.8, 4) is 11.5 Å². The van der Waals surface area contributed by atoms with Crippen LogP contribution < -0.4 is 14.8 Å². The first-order valence-electron chi connectivity index (χ1n) is 7.93. The van der Waals surface area contributed by atoms with E-state index < -0.39 is 6.86 Å². The van der Waals surface area contributed by atoms with Crippen LogP contribution in [0.2, 0.25) is 0 Å². The second-order valence-electron chi connectivity index (χ2n) is 6.76.